The maximum absolute atomic E-state index is 12.7. The summed E-state index contributed by atoms with van der Waals surface area (Å²) in [6.07, 6.45) is 4.74. The molecule has 2 heterocycles. The number of amides is 1. The summed E-state index contributed by atoms with van der Waals surface area (Å²) >= 11 is 0. The number of carbonyl (C=O) groups excluding carboxylic acids is 1. The van der Waals surface area contributed by atoms with Crippen LogP contribution >= 0.6 is 0 Å². The molecule has 0 aromatic heterocycles. The minimum Gasteiger partial charge on any atom is -0.371 e. The summed E-state index contributed by atoms with van der Waals surface area (Å²) in [6.45, 7) is 6.00. The molecule has 2 saturated heterocycles. The molecule has 3 aliphatic rings. The zero-order valence-corrected chi connectivity index (χ0v) is 12.0. The van der Waals surface area contributed by atoms with E-state index in [1.54, 1.807) is 0 Å². The molecule has 1 saturated carbocycles. The molecular weight excluding hydrogens is 240 g/mol. The monoisotopic (exact) mass is 266 g/mol. The molecule has 0 aromatic carbocycles. The van der Waals surface area contributed by atoms with E-state index in [1.165, 1.54) is 0 Å². The van der Waals surface area contributed by atoms with Gasteiger partial charge in [-0.25, -0.2) is 0 Å². The first-order chi connectivity index (χ1) is 9.04. The SMILES string of the molecule is CC1CC(C)C(C(=O)N2CC3CCC(C2)O3)CC1N. The first-order valence-electron chi connectivity index (χ1n) is 7.74. The van der Waals surface area contributed by atoms with Gasteiger partial charge in [0.15, 0.2) is 0 Å². The lowest BCUT2D eigenvalue weighted by atomic mass is 9.72. The number of likely N-dealkylation sites (tertiary alicyclic amines) is 1. The van der Waals surface area contributed by atoms with Gasteiger partial charge in [-0.05, 0) is 37.5 Å². The lowest BCUT2D eigenvalue weighted by Crippen LogP contribution is -2.51. The van der Waals surface area contributed by atoms with E-state index in [0.717, 1.165) is 38.8 Å². The second-order valence-electron chi connectivity index (χ2n) is 6.90. The molecule has 0 spiro atoms. The molecule has 2 bridgehead atoms. The van der Waals surface area contributed by atoms with E-state index in [2.05, 4.69) is 18.7 Å². The molecule has 4 nitrogen and oxygen atoms in total. The number of nitrogens with zero attached hydrogens (tertiary/aromatic N) is 1. The van der Waals surface area contributed by atoms with Gasteiger partial charge in [0.25, 0.3) is 0 Å². The maximum atomic E-state index is 12.7. The first-order valence-corrected chi connectivity index (χ1v) is 7.74. The lowest BCUT2D eigenvalue weighted by Gasteiger charge is -2.40. The van der Waals surface area contributed by atoms with Crippen LogP contribution in [0.2, 0.25) is 0 Å². The van der Waals surface area contributed by atoms with Crippen LogP contribution in [0.25, 0.3) is 0 Å². The van der Waals surface area contributed by atoms with Gasteiger partial charge in [0.1, 0.15) is 0 Å². The van der Waals surface area contributed by atoms with E-state index in [-0.39, 0.29) is 24.2 Å². The van der Waals surface area contributed by atoms with E-state index < -0.39 is 0 Å². The second-order valence-corrected chi connectivity index (χ2v) is 6.90. The molecule has 6 unspecified atom stereocenters. The number of morpholine rings is 1. The summed E-state index contributed by atoms with van der Waals surface area (Å²) in [7, 11) is 0. The van der Waals surface area contributed by atoms with Gasteiger partial charge in [-0.2, -0.15) is 0 Å². The summed E-state index contributed by atoms with van der Waals surface area (Å²) < 4.78 is 5.81. The minimum absolute atomic E-state index is 0.128. The van der Waals surface area contributed by atoms with Crippen molar-refractivity contribution in [2.24, 2.45) is 23.5 Å². The van der Waals surface area contributed by atoms with E-state index >= 15 is 0 Å². The quantitative estimate of drug-likeness (QED) is 0.780. The Kier molecular flexibility index (Phi) is 3.56. The number of hydrogen-bond acceptors (Lipinski definition) is 3. The number of ether oxygens (including phenoxy) is 1. The fourth-order valence-corrected chi connectivity index (χ4v) is 4.06. The highest BCUT2D eigenvalue weighted by Crippen LogP contribution is 2.35. The van der Waals surface area contributed by atoms with Crippen molar-refractivity contribution in [1.82, 2.24) is 4.90 Å². The Hall–Kier alpha value is -0.610. The first kappa shape index (κ1) is 13.4. The highest BCUT2D eigenvalue weighted by molar-refractivity contribution is 5.79. The maximum Gasteiger partial charge on any atom is 0.226 e. The zero-order valence-electron chi connectivity index (χ0n) is 12.0. The molecule has 19 heavy (non-hydrogen) atoms. The highest BCUT2D eigenvalue weighted by atomic mass is 16.5. The minimum atomic E-state index is 0.128. The van der Waals surface area contributed by atoms with Gasteiger partial charge >= 0.3 is 0 Å². The normalized spacial score (nSPS) is 46.4. The van der Waals surface area contributed by atoms with Crippen LogP contribution in [0.1, 0.15) is 39.5 Å². The Morgan fingerprint density at radius 3 is 2.37 bits per heavy atom. The molecule has 6 atom stereocenters. The molecule has 1 amide bonds. The standard InChI is InChI=1S/C15H26N2O2/c1-9-5-10(2)14(16)6-13(9)15(18)17-7-11-3-4-12(8-17)19-11/h9-14H,3-8,16H2,1-2H3. The van der Waals surface area contributed by atoms with Crippen molar-refractivity contribution in [3.05, 3.63) is 0 Å². The van der Waals surface area contributed by atoms with Crippen LogP contribution in [0.4, 0.5) is 0 Å². The molecule has 3 fully saturated rings. The third kappa shape index (κ3) is 2.52. The Balaban J connectivity index is 1.66. The van der Waals surface area contributed by atoms with Crippen LogP contribution in [0.5, 0.6) is 0 Å². The van der Waals surface area contributed by atoms with E-state index in [9.17, 15) is 4.79 Å². The Morgan fingerprint density at radius 2 is 1.74 bits per heavy atom. The lowest BCUT2D eigenvalue weighted by molar-refractivity contribution is -0.147. The third-order valence-electron chi connectivity index (χ3n) is 5.36. The van der Waals surface area contributed by atoms with Crippen LogP contribution in [0, 0.1) is 17.8 Å². The summed E-state index contributed by atoms with van der Waals surface area (Å²) in [6, 6.07) is 0.183. The average Bonchev–Trinajstić information content (AvgIpc) is 2.72. The number of hydrogen-bond donors (Lipinski definition) is 1. The summed E-state index contributed by atoms with van der Waals surface area (Å²) in [5.74, 6) is 1.46. The molecule has 108 valence electrons. The van der Waals surface area contributed by atoms with Crippen LogP contribution in [-0.2, 0) is 9.53 Å². The van der Waals surface area contributed by atoms with Gasteiger partial charge in [-0.3, -0.25) is 4.79 Å². The van der Waals surface area contributed by atoms with Gasteiger partial charge in [0, 0.05) is 25.0 Å². The van der Waals surface area contributed by atoms with E-state index in [0.29, 0.717) is 17.7 Å². The third-order valence-corrected chi connectivity index (χ3v) is 5.36. The Labute approximate surface area is 115 Å². The largest absolute Gasteiger partial charge is 0.371 e. The molecule has 2 N–H and O–H groups in total. The van der Waals surface area contributed by atoms with Crippen molar-refractivity contribution in [3.63, 3.8) is 0 Å². The van der Waals surface area contributed by atoms with Crippen molar-refractivity contribution in [1.29, 1.82) is 0 Å². The van der Waals surface area contributed by atoms with Crippen molar-refractivity contribution >= 4 is 5.91 Å². The number of rotatable bonds is 1. The molecule has 0 radical (unpaired) electrons. The molecular formula is C15H26N2O2. The van der Waals surface area contributed by atoms with Crippen LogP contribution in [-0.4, -0.2) is 42.1 Å². The van der Waals surface area contributed by atoms with Crippen LogP contribution in [0.15, 0.2) is 0 Å². The molecule has 3 rings (SSSR count). The number of fused-ring (bicyclic) bond motifs is 2. The summed E-state index contributed by atoms with van der Waals surface area (Å²) in [5.41, 5.74) is 6.17. The molecule has 1 aliphatic carbocycles. The van der Waals surface area contributed by atoms with E-state index in [4.69, 9.17) is 10.5 Å². The molecule has 2 aliphatic heterocycles. The zero-order chi connectivity index (χ0) is 13.6. The number of nitrogens with two attached hydrogens (primary N) is 1. The average molecular weight is 266 g/mol. The molecule has 0 aromatic rings. The number of carbonyl (C=O) groups is 1. The molecule has 4 heteroatoms. The van der Waals surface area contributed by atoms with Crippen LogP contribution < -0.4 is 5.73 Å². The van der Waals surface area contributed by atoms with Gasteiger partial charge in [-0.1, -0.05) is 13.8 Å². The topological polar surface area (TPSA) is 55.6 Å². The van der Waals surface area contributed by atoms with Crippen LogP contribution in [0.3, 0.4) is 0 Å². The predicted octanol–water partition coefficient (Wildman–Crippen LogP) is 1.39. The van der Waals surface area contributed by atoms with Gasteiger partial charge < -0.3 is 15.4 Å². The van der Waals surface area contributed by atoms with Crippen molar-refractivity contribution < 1.29 is 9.53 Å². The smallest absolute Gasteiger partial charge is 0.226 e. The fourth-order valence-electron chi connectivity index (χ4n) is 4.06. The second kappa shape index (κ2) is 5.06. The Bertz CT molecular complexity index is 348. The fraction of sp³-hybridized carbons (Fsp3) is 0.933. The van der Waals surface area contributed by atoms with Crippen molar-refractivity contribution in [3.8, 4) is 0 Å². The van der Waals surface area contributed by atoms with Crippen molar-refractivity contribution in [2.45, 2.75) is 57.8 Å². The predicted molar refractivity (Wildman–Crippen MR) is 73.5 cm³/mol. The van der Waals surface area contributed by atoms with Gasteiger partial charge in [0.2, 0.25) is 5.91 Å². The summed E-state index contributed by atoms with van der Waals surface area (Å²) in [4.78, 5) is 14.8. The summed E-state index contributed by atoms with van der Waals surface area (Å²) in [5, 5.41) is 0. The van der Waals surface area contributed by atoms with Gasteiger partial charge in [0.05, 0.1) is 12.2 Å². The van der Waals surface area contributed by atoms with Gasteiger partial charge in [-0.15, -0.1) is 0 Å². The highest BCUT2D eigenvalue weighted by Gasteiger charge is 2.41. The van der Waals surface area contributed by atoms with E-state index in [1.807, 2.05) is 0 Å². The van der Waals surface area contributed by atoms with Crippen molar-refractivity contribution in [2.75, 3.05) is 13.1 Å². The Morgan fingerprint density at radius 1 is 1.11 bits per heavy atom.